The zero-order valence-electron chi connectivity index (χ0n) is 18.2. The molecule has 1 unspecified atom stereocenters. The van der Waals surface area contributed by atoms with Gasteiger partial charge in [-0.3, -0.25) is 14.0 Å². The Morgan fingerprint density at radius 3 is 2.69 bits per heavy atom. The topological polar surface area (TPSA) is 80.8 Å². The number of anilines is 1. The van der Waals surface area contributed by atoms with Crippen molar-refractivity contribution in [3.8, 4) is 5.88 Å². The molecule has 0 spiro atoms. The van der Waals surface area contributed by atoms with E-state index in [9.17, 15) is 22.8 Å². The quantitative estimate of drug-likeness (QED) is 0.361. The molecule has 1 amide bonds. The van der Waals surface area contributed by atoms with Crippen molar-refractivity contribution in [3.63, 3.8) is 0 Å². The molecular weight excluding hydrogens is 427 g/mol. The minimum absolute atomic E-state index is 0.0427. The predicted octanol–water partition coefficient (Wildman–Crippen LogP) is 3.37. The van der Waals surface area contributed by atoms with E-state index in [1.165, 1.54) is 11.0 Å². The Kier molecular flexibility index (Phi) is 8.20. The van der Waals surface area contributed by atoms with Crippen molar-refractivity contribution >= 4 is 17.6 Å². The smallest absolute Gasteiger partial charge is 0.308 e. The Bertz CT molecular complexity index is 797. The largest absolute Gasteiger partial charge is 0.476 e. The summed E-state index contributed by atoms with van der Waals surface area (Å²) < 4.78 is 49.5. The monoisotopic (exact) mass is 457 g/mol. The summed E-state index contributed by atoms with van der Waals surface area (Å²) in [6.07, 6.45) is 3.21. The Labute approximate surface area is 185 Å². The molecule has 2 heterocycles. The van der Waals surface area contributed by atoms with Crippen LogP contribution in [0.3, 0.4) is 0 Å². The highest BCUT2D eigenvalue weighted by Gasteiger charge is 2.45. The lowest BCUT2D eigenvalue weighted by Gasteiger charge is -2.40. The maximum Gasteiger partial charge on any atom is 0.308 e. The number of nitrogens with one attached hydrogen (secondary N) is 1. The second-order valence-electron chi connectivity index (χ2n) is 8.35. The van der Waals surface area contributed by atoms with Gasteiger partial charge in [0.15, 0.2) is 0 Å². The first-order valence-corrected chi connectivity index (χ1v) is 11.1. The van der Waals surface area contributed by atoms with E-state index in [1.807, 2.05) is 6.92 Å². The molecular formula is C22H30F3N3O4. The molecule has 178 valence electrons. The van der Waals surface area contributed by atoms with Crippen LogP contribution in [0.2, 0.25) is 0 Å². The van der Waals surface area contributed by atoms with Gasteiger partial charge in [0.25, 0.3) is 11.8 Å². The Balaban J connectivity index is 1.55. The third-order valence-corrected chi connectivity index (χ3v) is 5.54. The molecule has 1 atom stereocenters. The number of hydrogen-bond donors (Lipinski definition) is 1. The molecule has 10 heteroatoms. The van der Waals surface area contributed by atoms with E-state index >= 15 is 0 Å². The summed E-state index contributed by atoms with van der Waals surface area (Å²) in [6.45, 7) is 1.21. The van der Waals surface area contributed by atoms with Gasteiger partial charge >= 0.3 is 5.97 Å². The number of alkyl halides is 3. The zero-order valence-corrected chi connectivity index (χ0v) is 18.2. The minimum Gasteiger partial charge on any atom is -0.476 e. The molecule has 2 fully saturated rings. The summed E-state index contributed by atoms with van der Waals surface area (Å²) >= 11 is 0. The van der Waals surface area contributed by atoms with E-state index < -0.39 is 43.5 Å². The van der Waals surface area contributed by atoms with Gasteiger partial charge in [-0.05, 0) is 43.7 Å². The van der Waals surface area contributed by atoms with E-state index in [0.29, 0.717) is 31.1 Å². The zero-order chi connectivity index (χ0) is 23.1. The standard InChI is InChI=1S/C22H30F3N3O4/c1-2-16(21(30)31-11-3-9-23)8-10-26-19(29)17-6-7-18(28-13-22(24,25)14-28)20(27-17)32-12-15-4-5-15/h6-7,15-16H,2-5,8-14H2,1H3,(H,26,29). The summed E-state index contributed by atoms with van der Waals surface area (Å²) in [7, 11) is 0. The van der Waals surface area contributed by atoms with Crippen molar-refractivity contribution in [2.24, 2.45) is 11.8 Å². The lowest BCUT2D eigenvalue weighted by Crippen LogP contribution is -2.56. The number of carbonyl (C=O) groups excluding carboxylic acids is 2. The molecule has 32 heavy (non-hydrogen) atoms. The fraction of sp³-hybridized carbons (Fsp3) is 0.682. The highest BCUT2D eigenvalue weighted by molar-refractivity contribution is 5.93. The lowest BCUT2D eigenvalue weighted by atomic mass is 10.0. The average molecular weight is 457 g/mol. The highest BCUT2D eigenvalue weighted by atomic mass is 19.3. The molecule has 0 bridgehead atoms. The van der Waals surface area contributed by atoms with Gasteiger partial charge in [-0.15, -0.1) is 0 Å². The van der Waals surface area contributed by atoms with Crippen molar-refractivity contribution in [2.45, 2.75) is 45.0 Å². The van der Waals surface area contributed by atoms with Crippen LogP contribution in [-0.2, 0) is 9.53 Å². The van der Waals surface area contributed by atoms with Crippen LogP contribution >= 0.6 is 0 Å². The van der Waals surface area contributed by atoms with Crippen molar-refractivity contribution in [2.75, 3.05) is 44.4 Å². The number of amides is 1. The SMILES string of the molecule is CCC(CCNC(=O)c1ccc(N2CC(F)(F)C2)c(OCC2CC2)n1)C(=O)OCCCF. The third kappa shape index (κ3) is 6.74. The number of halogens is 3. The molecule has 2 aliphatic rings. The van der Waals surface area contributed by atoms with Gasteiger partial charge in [0.2, 0.25) is 5.88 Å². The van der Waals surface area contributed by atoms with Crippen molar-refractivity contribution in [3.05, 3.63) is 17.8 Å². The molecule has 1 aliphatic heterocycles. The second-order valence-corrected chi connectivity index (χ2v) is 8.35. The van der Waals surface area contributed by atoms with Gasteiger partial charge in [0.05, 0.1) is 38.9 Å². The van der Waals surface area contributed by atoms with Crippen LogP contribution in [0.5, 0.6) is 5.88 Å². The number of ether oxygens (including phenoxy) is 2. The third-order valence-electron chi connectivity index (χ3n) is 5.54. The summed E-state index contributed by atoms with van der Waals surface area (Å²) in [4.78, 5) is 30.3. The molecule has 1 aromatic heterocycles. The van der Waals surface area contributed by atoms with Gasteiger partial charge in [-0.1, -0.05) is 6.92 Å². The number of carbonyl (C=O) groups is 2. The second kappa shape index (κ2) is 10.9. The van der Waals surface area contributed by atoms with Gasteiger partial charge < -0.3 is 19.7 Å². The van der Waals surface area contributed by atoms with E-state index in [1.54, 1.807) is 6.07 Å². The number of pyridine rings is 1. The van der Waals surface area contributed by atoms with Crippen LogP contribution in [-0.4, -0.2) is 62.3 Å². The maximum absolute atomic E-state index is 13.3. The maximum atomic E-state index is 13.3. The fourth-order valence-corrected chi connectivity index (χ4v) is 3.35. The minimum atomic E-state index is -2.73. The van der Waals surface area contributed by atoms with Crippen LogP contribution in [0.25, 0.3) is 0 Å². The Hall–Kier alpha value is -2.52. The van der Waals surface area contributed by atoms with Crippen LogP contribution in [0.4, 0.5) is 18.9 Å². The molecule has 1 aromatic rings. The fourth-order valence-electron chi connectivity index (χ4n) is 3.35. The van der Waals surface area contributed by atoms with Gasteiger partial charge in [0, 0.05) is 13.0 Å². The summed E-state index contributed by atoms with van der Waals surface area (Å²) in [5, 5.41) is 2.72. The summed E-state index contributed by atoms with van der Waals surface area (Å²) in [5.74, 6) is -3.34. The van der Waals surface area contributed by atoms with Crippen LogP contribution < -0.4 is 15.0 Å². The van der Waals surface area contributed by atoms with Crippen LogP contribution in [0.1, 0.15) is 49.5 Å². The molecule has 1 saturated heterocycles. The number of nitrogens with zero attached hydrogens (tertiary/aromatic N) is 2. The predicted molar refractivity (Wildman–Crippen MR) is 112 cm³/mol. The highest BCUT2D eigenvalue weighted by Crippen LogP contribution is 2.37. The number of aromatic nitrogens is 1. The molecule has 0 aromatic carbocycles. The van der Waals surface area contributed by atoms with E-state index in [2.05, 4.69) is 10.3 Å². The number of esters is 1. The Morgan fingerprint density at radius 1 is 1.31 bits per heavy atom. The molecule has 7 nitrogen and oxygen atoms in total. The van der Waals surface area contributed by atoms with Crippen LogP contribution in [0.15, 0.2) is 12.1 Å². The van der Waals surface area contributed by atoms with Crippen molar-refractivity contribution in [1.29, 1.82) is 0 Å². The molecule has 0 radical (unpaired) electrons. The summed E-state index contributed by atoms with van der Waals surface area (Å²) in [5.41, 5.74) is 0.570. The molecule has 1 N–H and O–H groups in total. The first kappa shape index (κ1) is 24.1. The first-order chi connectivity index (χ1) is 15.3. The van der Waals surface area contributed by atoms with Gasteiger partial charge in [-0.2, -0.15) is 0 Å². The lowest BCUT2D eigenvalue weighted by molar-refractivity contribution is -0.149. The number of hydrogen-bond acceptors (Lipinski definition) is 6. The van der Waals surface area contributed by atoms with Gasteiger partial charge in [-0.25, -0.2) is 13.8 Å². The first-order valence-electron chi connectivity index (χ1n) is 11.1. The van der Waals surface area contributed by atoms with E-state index in [0.717, 1.165) is 12.8 Å². The normalized spacial score (nSPS) is 17.9. The molecule has 3 rings (SSSR count). The number of rotatable bonds is 13. The van der Waals surface area contributed by atoms with E-state index in [4.69, 9.17) is 9.47 Å². The van der Waals surface area contributed by atoms with Gasteiger partial charge in [0.1, 0.15) is 11.4 Å². The van der Waals surface area contributed by atoms with Crippen molar-refractivity contribution in [1.82, 2.24) is 10.3 Å². The van der Waals surface area contributed by atoms with E-state index in [-0.39, 0.29) is 31.1 Å². The van der Waals surface area contributed by atoms with Crippen molar-refractivity contribution < 1.29 is 32.2 Å². The average Bonchev–Trinajstić information content (AvgIpc) is 3.58. The van der Waals surface area contributed by atoms with Crippen LogP contribution in [0, 0.1) is 11.8 Å². The molecule has 1 saturated carbocycles. The summed E-state index contributed by atoms with van der Waals surface area (Å²) in [6, 6.07) is 3.06. The Morgan fingerprint density at radius 2 is 2.06 bits per heavy atom. The molecule has 1 aliphatic carbocycles.